The molecule has 0 radical (unpaired) electrons. The van der Waals surface area contributed by atoms with Crippen molar-refractivity contribution in [2.45, 2.75) is 0 Å². The average molecular weight is 524 g/mol. The number of aromatic nitrogens is 2. The number of halogens is 1. The van der Waals surface area contributed by atoms with Crippen LogP contribution in [0.4, 0.5) is 5.82 Å². The van der Waals surface area contributed by atoms with Crippen molar-refractivity contribution >= 4 is 29.2 Å². The van der Waals surface area contributed by atoms with Crippen LogP contribution in [0.2, 0.25) is 5.02 Å². The number of methoxy groups -OCH3 is 2. The lowest BCUT2D eigenvalue weighted by Crippen LogP contribution is -2.52. The van der Waals surface area contributed by atoms with Crippen molar-refractivity contribution in [3.05, 3.63) is 71.2 Å². The van der Waals surface area contributed by atoms with E-state index in [-0.39, 0.29) is 18.4 Å². The summed E-state index contributed by atoms with van der Waals surface area (Å²) >= 11 is 5.95. The Labute approximate surface area is 221 Å². The number of anilines is 1. The number of ether oxygens (including phenoxy) is 2. The van der Waals surface area contributed by atoms with Gasteiger partial charge in [-0.15, -0.1) is 10.2 Å². The molecule has 194 valence electrons. The molecule has 0 N–H and O–H groups in total. The van der Waals surface area contributed by atoms with E-state index in [2.05, 4.69) is 15.1 Å². The van der Waals surface area contributed by atoms with Crippen LogP contribution in [0.1, 0.15) is 10.4 Å². The fourth-order valence-electron chi connectivity index (χ4n) is 4.11. The molecule has 37 heavy (non-hydrogen) atoms. The van der Waals surface area contributed by atoms with Crippen LogP contribution in [0.15, 0.2) is 60.7 Å². The number of nitrogens with zero attached hydrogens (tertiary/aromatic N) is 5. The molecule has 9 nitrogen and oxygen atoms in total. The van der Waals surface area contributed by atoms with Crippen molar-refractivity contribution in [3.8, 4) is 17.0 Å². The van der Waals surface area contributed by atoms with Gasteiger partial charge in [0.1, 0.15) is 12.3 Å². The predicted molar refractivity (Wildman–Crippen MR) is 142 cm³/mol. The van der Waals surface area contributed by atoms with E-state index in [4.69, 9.17) is 21.1 Å². The molecule has 4 rings (SSSR count). The number of amides is 2. The van der Waals surface area contributed by atoms with E-state index in [1.54, 1.807) is 43.4 Å². The summed E-state index contributed by atoms with van der Waals surface area (Å²) in [4.78, 5) is 31.5. The first-order valence-electron chi connectivity index (χ1n) is 12.0. The van der Waals surface area contributed by atoms with Gasteiger partial charge in [-0.3, -0.25) is 9.59 Å². The fraction of sp³-hybridized carbons (Fsp3) is 0.333. The molecular formula is C27H30ClN5O4. The SMILES string of the molecule is COCCN(CC(=O)N1CCN(c2ccc(-c3cccc(OC)c3)nn2)CC1)C(=O)c1ccc(Cl)cc1. The molecule has 2 aromatic carbocycles. The second-order valence-corrected chi connectivity index (χ2v) is 9.04. The summed E-state index contributed by atoms with van der Waals surface area (Å²) in [5, 5.41) is 9.34. The van der Waals surface area contributed by atoms with Crippen molar-refractivity contribution in [2.24, 2.45) is 0 Å². The van der Waals surface area contributed by atoms with Gasteiger partial charge in [-0.25, -0.2) is 0 Å². The molecule has 0 saturated carbocycles. The maximum absolute atomic E-state index is 13.1. The van der Waals surface area contributed by atoms with Crippen molar-refractivity contribution < 1.29 is 19.1 Å². The first kappa shape index (κ1) is 26.4. The van der Waals surface area contributed by atoms with Crippen LogP contribution in [0.5, 0.6) is 5.75 Å². The zero-order chi connectivity index (χ0) is 26.2. The molecule has 1 aliphatic heterocycles. The summed E-state index contributed by atoms with van der Waals surface area (Å²) in [5.74, 6) is 1.20. The van der Waals surface area contributed by atoms with Crippen LogP contribution in [-0.2, 0) is 9.53 Å². The Bertz CT molecular complexity index is 1200. The number of benzene rings is 2. The Kier molecular flexibility index (Phi) is 8.92. The van der Waals surface area contributed by atoms with Crippen LogP contribution in [0.3, 0.4) is 0 Å². The molecule has 1 saturated heterocycles. The molecule has 10 heteroatoms. The highest BCUT2D eigenvalue weighted by atomic mass is 35.5. The number of piperazine rings is 1. The molecule has 0 aliphatic carbocycles. The van der Waals surface area contributed by atoms with Gasteiger partial charge >= 0.3 is 0 Å². The van der Waals surface area contributed by atoms with E-state index in [9.17, 15) is 9.59 Å². The van der Waals surface area contributed by atoms with Gasteiger partial charge in [0.2, 0.25) is 5.91 Å². The Hall–Kier alpha value is -3.69. The van der Waals surface area contributed by atoms with Crippen molar-refractivity contribution in [2.75, 3.05) is 65.0 Å². The van der Waals surface area contributed by atoms with E-state index in [1.165, 1.54) is 4.90 Å². The minimum Gasteiger partial charge on any atom is -0.497 e. The molecular weight excluding hydrogens is 494 g/mol. The largest absolute Gasteiger partial charge is 0.497 e. The quantitative estimate of drug-likeness (QED) is 0.425. The number of carbonyl (C=O) groups excluding carboxylic acids is 2. The average Bonchev–Trinajstić information content (AvgIpc) is 2.95. The third-order valence-electron chi connectivity index (χ3n) is 6.24. The van der Waals surface area contributed by atoms with Gasteiger partial charge < -0.3 is 24.2 Å². The van der Waals surface area contributed by atoms with Gasteiger partial charge in [-0.05, 0) is 48.5 Å². The molecule has 0 atom stereocenters. The Morgan fingerprint density at radius 1 is 0.973 bits per heavy atom. The highest BCUT2D eigenvalue weighted by Crippen LogP contribution is 2.23. The number of rotatable bonds is 9. The van der Waals surface area contributed by atoms with Crippen LogP contribution in [0.25, 0.3) is 11.3 Å². The van der Waals surface area contributed by atoms with E-state index >= 15 is 0 Å². The standard InChI is InChI=1S/C27H30ClN5O4/c1-36-17-16-33(27(35)20-6-8-22(28)9-7-20)19-26(34)32-14-12-31(13-15-32)25-11-10-24(29-30-25)21-4-3-5-23(18-21)37-2/h3-11,18H,12-17,19H2,1-2H3. The molecule has 1 fully saturated rings. The number of hydrogen-bond donors (Lipinski definition) is 0. The zero-order valence-electron chi connectivity index (χ0n) is 21.0. The maximum Gasteiger partial charge on any atom is 0.254 e. The lowest BCUT2D eigenvalue weighted by molar-refractivity contribution is -0.132. The smallest absolute Gasteiger partial charge is 0.254 e. The van der Waals surface area contributed by atoms with Gasteiger partial charge in [0.25, 0.3) is 5.91 Å². The number of hydrogen-bond acceptors (Lipinski definition) is 7. The second kappa shape index (κ2) is 12.5. The van der Waals surface area contributed by atoms with E-state index in [1.807, 2.05) is 36.4 Å². The Balaban J connectivity index is 1.34. The summed E-state index contributed by atoms with van der Waals surface area (Å²) in [6.45, 7) is 2.96. The topological polar surface area (TPSA) is 88.1 Å². The van der Waals surface area contributed by atoms with Gasteiger partial charge in [0.05, 0.1) is 19.4 Å². The van der Waals surface area contributed by atoms with Gasteiger partial charge in [0.15, 0.2) is 5.82 Å². The van der Waals surface area contributed by atoms with E-state index < -0.39 is 0 Å². The predicted octanol–water partition coefficient (Wildman–Crippen LogP) is 3.24. The minimum atomic E-state index is -0.230. The van der Waals surface area contributed by atoms with Crippen molar-refractivity contribution in [3.63, 3.8) is 0 Å². The minimum absolute atomic E-state index is 0.0140. The summed E-state index contributed by atoms with van der Waals surface area (Å²) in [7, 11) is 3.20. The second-order valence-electron chi connectivity index (χ2n) is 8.60. The normalized spacial score (nSPS) is 13.4. The highest BCUT2D eigenvalue weighted by molar-refractivity contribution is 6.30. The molecule has 3 aromatic rings. The summed E-state index contributed by atoms with van der Waals surface area (Å²) in [5.41, 5.74) is 2.17. The first-order valence-corrected chi connectivity index (χ1v) is 12.4. The first-order chi connectivity index (χ1) is 18.0. The van der Waals surface area contributed by atoms with Gasteiger partial charge in [0, 0.05) is 56.0 Å². The van der Waals surface area contributed by atoms with Crippen LogP contribution >= 0.6 is 11.6 Å². The Morgan fingerprint density at radius 2 is 1.73 bits per heavy atom. The third kappa shape index (κ3) is 6.75. The molecule has 2 amide bonds. The van der Waals surface area contributed by atoms with Crippen LogP contribution in [0, 0.1) is 0 Å². The summed E-state index contributed by atoms with van der Waals surface area (Å²) < 4.78 is 10.4. The number of carbonyl (C=O) groups is 2. The lowest BCUT2D eigenvalue weighted by atomic mass is 10.1. The van der Waals surface area contributed by atoms with E-state index in [0.717, 1.165) is 22.8 Å². The molecule has 0 unspecified atom stereocenters. The molecule has 0 bridgehead atoms. The van der Waals surface area contributed by atoms with Crippen molar-refractivity contribution in [1.82, 2.24) is 20.0 Å². The van der Waals surface area contributed by atoms with Gasteiger partial charge in [-0.2, -0.15) is 0 Å². The molecule has 2 heterocycles. The van der Waals surface area contributed by atoms with Crippen LogP contribution < -0.4 is 9.64 Å². The lowest BCUT2D eigenvalue weighted by Gasteiger charge is -2.36. The Morgan fingerprint density at radius 3 is 2.38 bits per heavy atom. The zero-order valence-corrected chi connectivity index (χ0v) is 21.7. The molecule has 1 aromatic heterocycles. The highest BCUT2D eigenvalue weighted by Gasteiger charge is 2.26. The van der Waals surface area contributed by atoms with E-state index in [0.29, 0.717) is 49.9 Å². The van der Waals surface area contributed by atoms with Crippen molar-refractivity contribution in [1.29, 1.82) is 0 Å². The summed E-state index contributed by atoms with van der Waals surface area (Å²) in [6, 6.07) is 18.2. The maximum atomic E-state index is 13.1. The van der Waals surface area contributed by atoms with Crippen LogP contribution in [-0.4, -0.2) is 91.9 Å². The molecule has 1 aliphatic rings. The van der Waals surface area contributed by atoms with Gasteiger partial charge in [-0.1, -0.05) is 23.7 Å². The fourth-order valence-corrected chi connectivity index (χ4v) is 4.23. The molecule has 0 spiro atoms. The monoisotopic (exact) mass is 523 g/mol. The third-order valence-corrected chi connectivity index (χ3v) is 6.49. The summed E-state index contributed by atoms with van der Waals surface area (Å²) in [6.07, 6.45) is 0.